The molecule has 12 heteroatoms. The first-order valence-corrected chi connectivity index (χ1v) is 12.1. The van der Waals surface area contributed by atoms with Gasteiger partial charge in [0.1, 0.15) is 40.1 Å². The number of H-pyrrole nitrogens is 1. The van der Waals surface area contributed by atoms with E-state index < -0.39 is 45.5 Å². The normalized spacial score (nSPS) is 14.0. The van der Waals surface area contributed by atoms with Crippen LogP contribution in [0.4, 0.5) is 24.7 Å². The summed E-state index contributed by atoms with van der Waals surface area (Å²) in [7, 11) is -0.876. The summed E-state index contributed by atoms with van der Waals surface area (Å²) in [5.41, 5.74) is -0.943. The number of nitrogens with one attached hydrogen (secondary N) is 3. The van der Waals surface area contributed by atoms with Crippen molar-refractivity contribution in [1.82, 2.24) is 15.0 Å². The summed E-state index contributed by atoms with van der Waals surface area (Å²) in [6, 6.07) is 5.25. The van der Waals surface area contributed by atoms with Gasteiger partial charge in [-0.2, -0.15) is 0 Å². The first-order chi connectivity index (χ1) is 17.4. The molecule has 1 unspecified atom stereocenters. The maximum atomic E-state index is 15.5. The summed E-state index contributed by atoms with van der Waals surface area (Å²) in [6.07, 6.45) is 4.83. The summed E-state index contributed by atoms with van der Waals surface area (Å²) < 4.78 is 64.2. The van der Waals surface area contributed by atoms with E-state index in [1.54, 1.807) is 0 Å². The largest absolute Gasteiger partial charge is 0.495 e. The average Bonchev–Trinajstić information content (AvgIpc) is 3.60. The molecule has 0 saturated heterocycles. The van der Waals surface area contributed by atoms with E-state index >= 15 is 4.39 Å². The van der Waals surface area contributed by atoms with Crippen LogP contribution in [0.25, 0.3) is 11.0 Å². The van der Waals surface area contributed by atoms with Gasteiger partial charge in [0.25, 0.3) is 0 Å². The number of carbonyl (C=O) groups is 1. The van der Waals surface area contributed by atoms with Gasteiger partial charge in [-0.1, -0.05) is 0 Å². The highest BCUT2D eigenvalue weighted by atomic mass is 32.2. The van der Waals surface area contributed by atoms with Crippen LogP contribution in [0.5, 0.6) is 5.75 Å². The number of methoxy groups -OCH3 is 1. The average molecular weight is 516 g/mol. The zero-order valence-electron chi connectivity index (χ0n) is 18.9. The summed E-state index contributed by atoms with van der Waals surface area (Å²) >= 11 is 0. The van der Waals surface area contributed by atoms with Gasteiger partial charge in [-0.3, -0.25) is 9.52 Å². The van der Waals surface area contributed by atoms with Gasteiger partial charge in [0.2, 0.25) is 5.78 Å². The number of ether oxygens (including phenoxy) is 1. The molecule has 0 aliphatic heterocycles. The fourth-order valence-corrected chi connectivity index (χ4v) is 4.78. The van der Waals surface area contributed by atoms with Crippen molar-refractivity contribution in [1.29, 1.82) is 0 Å². The van der Waals surface area contributed by atoms with Gasteiger partial charge in [0, 0.05) is 12.7 Å². The fourth-order valence-electron chi connectivity index (χ4n) is 3.76. The fraction of sp³-hybridized carbons (Fsp3) is 0.208. The molecule has 5 rings (SSSR count). The number of nitrogens with zero attached hydrogens (tertiary/aromatic N) is 2. The molecule has 2 aromatic heterocycles. The number of rotatable bonds is 9. The molecule has 1 fully saturated rings. The van der Waals surface area contributed by atoms with Crippen LogP contribution in [0, 0.1) is 23.4 Å². The van der Waals surface area contributed by atoms with Crippen molar-refractivity contribution in [2.24, 2.45) is 5.92 Å². The molecule has 0 amide bonds. The number of carbonyl (C=O) groups excluding carboxylic acids is 1. The highest BCUT2D eigenvalue weighted by Crippen LogP contribution is 2.33. The predicted molar refractivity (Wildman–Crippen MR) is 128 cm³/mol. The quantitative estimate of drug-likeness (QED) is 0.282. The van der Waals surface area contributed by atoms with Crippen LogP contribution >= 0.6 is 0 Å². The summed E-state index contributed by atoms with van der Waals surface area (Å²) in [5, 5.41) is 3.49. The number of aromatic nitrogens is 3. The Balaban J connectivity index is 1.50. The number of hydrogen-bond acceptors (Lipinski definition) is 6. The van der Waals surface area contributed by atoms with E-state index in [0.29, 0.717) is 29.3 Å². The van der Waals surface area contributed by atoms with E-state index in [1.165, 1.54) is 25.7 Å². The Hall–Kier alpha value is -3.93. The van der Waals surface area contributed by atoms with E-state index in [1.807, 2.05) is 0 Å². The first-order valence-electron chi connectivity index (χ1n) is 11.0. The van der Waals surface area contributed by atoms with Gasteiger partial charge in [0.05, 0.1) is 29.3 Å². The van der Waals surface area contributed by atoms with Crippen LogP contribution in [-0.4, -0.2) is 38.6 Å². The summed E-state index contributed by atoms with van der Waals surface area (Å²) in [6.45, 7) is 0.655. The molecule has 1 saturated carbocycles. The lowest BCUT2D eigenvalue weighted by Crippen LogP contribution is -2.13. The molecule has 1 aliphatic carbocycles. The van der Waals surface area contributed by atoms with Gasteiger partial charge in [0.15, 0.2) is 16.8 Å². The zero-order chi connectivity index (χ0) is 25.4. The van der Waals surface area contributed by atoms with Crippen LogP contribution < -0.4 is 14.8 Å². The minimum Gasteiger partial charge on any atom is -0.495 e. The topological polar surface area (TPSA) is 109 Å². The highest BCUT2D eigenvalue weighted by Gasteiger charge is 2.27. The Morgan fingerprint density at radius 3 is 2.75 bits per heavy atom. The van der Waals surface area contributed by atoms with Gasteiger partial charge < -0.3 is 15.0 Å². The van der Waals surface area contributed by atoms with Crippen LogP contribution in [0.15, 0.2) is 47.8 Å². The van der Waals surface area contributed by atoms with E-state index in [4.69, 9.17) is 4.74 Å². The van der Waals surface area contributed by atoms with Crippen LogP contribution in [-0.2, 0) is 11.0 Å². The Morgan fingerprint density at radius 1 is 1.19 bits per heavy atom. The molecule has 1 aliphatic rings. The molecule has 36 heavy (non-hydrogen) atoms. The minimum absolute atomic E-state index is 0.0215. The van der Waals surface area contributed by atoms with Gasteiger partial charge in [-0.15, -0.1) is 0 Å². The second-order valence-corrected chi connectivity index (χ2v) is 9.43. The van der Waals surface area contributed by atoms with Crippen molar-refractivity contribution in [3.8, 4) is 5.75 Å². The van der Waals surface area contributed by atoms with Crippen molar-refractivity contribution in [2.45, 2.75) is 17.7 Å². The molecule has 0 radical (unpaired) electrons. The highest BCUT2D eigenvalue weighted by molar-refractivity contribution is 7.86. The number of hydrogen-bond donors (Lipinski definition) is 3. The molecule has 1 atom stereocenters. The molecular weight excluding hydrogens is 495 g/mol. The van der Waals surface area contributed by atoms with Crippen molar-refractivity contribution in [3.05, 3.63) is 71.4 Å². The molecule has 2 heterocycles. The van der Waals surface area contributed by atoms with E-state index in [2.05, 4.69) is 25.0 Å². The summed E-state index contributed by atoms with van der Waals surface area (Å²) in [5.74, 6) is -2.97. The third kappa shape index (κ3) is 4.51. The van der Waals surface area contributed by atoms with Crippen molar-refractivity contribution in [3.63, 3.8) is 0 Å². The lowest BCUT2D eigenvalue weighted by molar-refractivity contribution is 0.103. The molecular formula is C24H20F3N5O3S. The monoisotopic (exact) mass is 515 g/mol. The molecule has 4 aromatic rings. The molecule has 0 bridgehead atoms. The molecule has 186 valence electrons. The Bertz CT molecular complexity index is 1510. The van der Waals surface area contributed by atoms with Crippen LogP contribution in [0.2, 0.25) is 0 Å². The van der Waals surface area contributed by atoms with Gasteiger partial charge in [-0.25, -0.2) is 27.3 Å². The Labute approximate surface area is 205 Å². The maximum absolute atomic E-state index is 15.5. The summed E-state index contributed by atoms with van der Waals surface area (Å²) in [4.78, 5) is 24.4. The van der Waals surface area contributed by atoms with Gasteiger partial charge >= 0.3 is 0 Å². The number of fused-ring (bicyclic) bond motifs is 1. The number of aromatic amines is 1. The smallest absolute Gasteiger partial charge is 0.201 e. The number of ketones is 1. The SMILES string of the molecule is COc1ccc(F)cc1S(=O)Nc1ccc(F)c(C(=O)c2c[nH]c3ncnc(NCC4CC4)c23)c1F. The Morgan fingerprint density at radius 2 is 2.00 bits per heavy atom. The van der Waals surface area contributed by atoms with Gasteiger partial charge in [-0.05, 0) is 49.1 Å². The van der Waals surface area contributed by atoms with Crippen molar-refractivity contribution in [2.75, 3.05) is 23.7 Å². The van der Waals surface area contributed by atoms with Crippen LogP contribution in [0.1, 0.15) is 28.8 Å². The molecule has 0 spiro atoms. The lowest BCUT2D eigenvalue weighted by atomic mass is 10.0. The standard InChI is InChI=1S/C24H20F3N5O3S/c1-35-17-7-4-13(25)8-18(17)36(34)32-16-6-5-15(26)20(21(16)27)22(33)14-10-29-24-19(14)23(30-11-31-24)28-9-12-2-3-12/h4-8,10-12,32H,2-3,9H2,1H3,(H2,28,29,30,31). The van der Waals surface area contributed by atoms with E-state index in [9.17, 15) is 17.8 Å². The second-order valence-electron chi connectivity index (χ2n) is 8.25. The molecule has 3 N–H and O–H groups in total. The van der Waals surface area contributed by atoms with Crippen molar-refractivity contribution >= 4 is 39.3 Å². The van der Waals surface area contributed by atoms with E-state index in [-0.39, 0.29) is 16.2 Å². The van der Waals surface area contributed by atoms with Crippen LogP contribution in [0.3, 0.4) is 0 Å². The Kier molecular flexibility index (Phi) is 6.35. The van der Waals surface area contributed by atoms with Crippen molar-refractivity contribution < 1.29 is 26.9 Å². The minimum atomic E-state index is -2.18. The molecule has 8 nitrogen and oxygen atoms in total. The first kappa shape index (κ1) is 23.8. The van der Waals surface area contributed by atoms with E-state index in [0.717, 1.165) is 37.1 Å². The second kappa shape index (κ2) is 9.61. The lowest BCUT2D eigenvalue weighted by Gasteiger charge is -2.13. The maximum Gasteiger partial charge on any atom is 0.201 e. The molecule has 2 aromatic carbocycles. The predicted octanol–water partition coefficient (Wildman–Crippen LogP) is 4.57. The number of halogens is 3. The number of anilines is 2. The number of benzene rings is 2. The third-order valence-corrected chi connectivity index (χ3v) is 6.94. The third-order valence-electron chi connectivity index (χ3n) is 5.82. The zero-order valence-corrected chi connectivity index (χ0v) is 19.7.